The van der Waals surface area contributed by atoms with Crippen molar-refractivity contribution < 1.29 is 5.21 Å². The molecule has 0 aliphatic heterocycles. The van der Waals surface area contributed by atoms with Crippen LogP contribution in [0.4, 0.5) is 0 Å². The monoisotopic (exact) mass is 203 g/mol. The summed E-state index contributed by atoms with van der Waals surface area (Å²) >= 11 is 11.1. The molecule has 0 heterocycles. The number of oxime groups is 1. The smallest absolute Gasteiger partial charge is 0.175 e. The van der Waals surface area contributed by atoms with Crippen LogP contribution in [-0.2, 0) is 5.88 Å². The molecule has 0 saturated carbocycles. The molecule has 4 heteroatoms. The molecule has 0 spiro atoms. The minimum Gasteiger partial charge on any atom is -0.410 e. The van der Waals surface area contributed by atoms with Gasteiger partial charge in [-0.25, -0.2) is 0 Å². The van der Waals surface area contributed by atoms with E-state index in [0.717, 1.165) is 5.56 Å². The van der Waals surface area contributed by atoms with Crippen molar-refractivity contribution in [2.75, 3.05) is 0 Å². The molecule has 0 unspecified atom stereocenters. The van der Waals surface area contributed by atoms with Crippen LogP contribution in [-0.4, -0.2) is 10.4 Å². The van der Waals surface area contributed by atoms with Gasteiger partial charge in [0.15, 0.2) is 5.17 Å². The minimum absolute atomic E-state index is 0.0797. The van der Waals surface area contributed by atoms with Crippen LogP contribution in [0, 0.1) is 0 Å². The molecule has 0 atom stereocenters. The summed E-state index contributed by atoms with van der Waals surface area (Å²) in [5.74, 6) is 0.466. The first-order chi connectivity index (χ1) is 5.77. The molecule has 0 bridgehead atoms. The van der Waals surface area contributed by atoms with Gasteiger partial charge in [-0.3, -0.25) is 0 Å². The Morgan fingerprint density at radius 3 is 2.33 bits per heavy atom. The lowest BCUT2D eigenvalue weighted by Crippen LogP contribution is -1.90. The highest BCUT2D eigenvalue weighted by Crippen LogP contribution is 2.09. The fourth-order valence-corrected chi connectivity index (χ4v) is 1.09. The van der Waals surface area contributed by atoms with Crippen LogP contribution < -0.4 is 0 Å². The summed E-state index contributed by atoms with van der Waals surface area (Å²) in [7, 11) is 0. The van der Waals surface area contributed by atoms with Crippen LogP contribution in [0.2, 0.25) is 0 Å². The third-order valence-corrected chi connectivity index (χ3v) is 2.04. The van der Waals surface area contributed by atoms with E-state index in [1.165, 1.54) is 0 Å². The van der Waals surface area contributed by atoms with Crippen molar-refractivity contribution in [3.63, 3.8) is 0 Å². The number of hydrogen-bond donors (Lipinski definition) is 1. The summed E-state index contributed by atoms with van der Waals surface area (Å²) in [6.45, 7) is 0. The van der Waals surface area contributed by atoms with Gasteiger partial charge in [-0.1, -0.05) is 41.0 Å². The molecule has 1 N–H and O–H groups in total. The predicted molar refractivity (Wildman–Crippen MR) is 50.2 cm³/mol. The molecular formula is C8H7Cl2NO. The largest absolute Gasteiger partial charge is 0.410 e. The SMILES string of the molecule is O/N=C(/Cl)c1ccc(CCl)cc1. The van der Waals surface area contributed by atoms with E-state index in [-0.39, 0.29) is 5.17 Å². The average molecular weight is 204 g/mol. The maximum atomic E-state index is 8.34. The zero-order valence-electron chi connectivity index (χ0n) is 6.17. The maximum Gasteiger partial charge on any atom is 0.175 e. The lowest BCUT2D eigenvalue weighted by atomic mass is 10.2. The van der Waals surface area contributed by atoms with Crippen LogP contribution in [0.1, 0.15) is 11.1 Å². The first-order valence-electron chi connectivity index (χ1n) is 3.30. The molecule has 0 aliphatic carbocycles. The van der Waals surface area contributed by atoms with Crippen LogP contribution in [0.5, 0.6) is 0 Å². The third kappa shape index (κ3) is 2.13. The molecule has 0 amide bonds. The lowest BCUT2D eigenvalue weighted by molar-refractivity contribution is 0.321. The normalized spacial score (nSPS) is 11.7. The van der Waals surface area contributed by atoms with Gasteiger partial charge < -0.3 is 5.21 Å². The Morgan fingerprint density at radius 2 is 1.92 bits per heavy atom. The van der Waals surface area contributed by atoms with Gasteiger partial charge in [0.05, 0.1) is 0 Å². The molecule has 64 valence electrons. The summed E-state index contributed by atoms with van der Waals surface area (Å²) < 4.78 is 0. The van der Waals surface area contributed by atoms with E-state index in [1.807, 2.05) is 12.1 Å². The average Bonchev–Trinajstić information content (AvgIpc) is 2.17. The number of hydrogen-bond acceptors (Lipinski definition) is 2. The first kappa shape index (κ1) is 9.36. The van der Waals surface area contributed by atoms with Gasteiger partial charge in [-0.2, -0.15) is 0 Å². The van der Waals surface area contributed by atoms with E-state index < -0.39 is 0 Å². The summed E-state index contributed by atoms with van der Waals surface area (Å²) in [4.78, 5) is 0. The maximum absolute atomic E-state index is 8.34. The number of alkyl halides is 1. The zero-order valence-corrected chi connectivity index (χ0v) is 7.68. The van der Waals surface area contributed by atoms with E-state index >= 15 is 0 Å². The number of rotatable bonds is 2. The molecule has 0 radical (unpaired) electrons. The van der Waals surface area contributed by atoms with Gasteiger partial charge in [-0.05, 0) is 5.56 Å². The molecule has 0 saturated heterocycles. The van der Waals surface area contributed by atoms with Crippen molar-refractivity contribution in [2.24, 2.45) is 5.16 Å². The Bertz CT molecular complexity index is 282. The van der Waals surface area contributed by atoms with Gasteiger partial charge in [0, 0.05) is 11.4 Å². The predicted octanol–water partition coefficient (Wildman–Crippen LogP) is 2.80. The van der Waals surface area contributed by atoms with Gasteiger partial charge in [-0.15, -0.1) is 11.6 Å². The first-order valence-corrected chi connectivity index (χ1v) is 4.22. The van der Waals surface area contributed by atoms with Crippen LogP contribution >= 0.6 is 23.2 Å². The van der Waals surface area contributed by atoms with Gasteiger partial charge in [0.25, 0.3) is 0 Å². The quantitative estimate of drug-likeness (QED) is 0.341. The highest BCUT2D eigenvalue weighted by molar-refractivity contribution is 6.69. The van der Waals surface area contributed by atoms with Gasteiger partial charge in [0.1, 0.15) is 0 Å². The summed E-state index contributed by atoms with van der Waals surface area (Å²) in [6, 6.07) is 7.16. The van der Waals surface area contributed by atoms with Crippen molar-refractivity contribution in [3.05, 3.63) is 35.4 Å². The van der Waals surface area contributed by atoms with Crippen LogP contribution in [0.3, 0.4) is 0 Å². The third-order valence-electron chi connectivity index (χ3n) is 1.43. The van der Waals surface area contributed by atoms with Crippen LogP contribution in [0.25, 0.3) is 0 Å². The summed E-state index contributed by atoms with van der Waals surface area (Å²) in [5, 5.41) is 11.3. The topological polar surface area (TPSA) is 32.6 Å². The number of halogens is 2. The van der Waals surface area contributed by atoms with Crippen molar-refractivity contribution in [1.82, 2.24) is 0 Å². The number of benzene rings is 1. The van der Waals surface area contributed by atoms with E-state index in [4.69, 9.17) is 28.4 Å². The Kier molecular flexibility index (Phi) is 3.38. The molecule has 0 aliphatic rings. The fraction of sp³-hybridized carbons (Fsp3) is 0.125. The molecule has 1 rings (SSSR count). The summed E-state index contributed by atoms with van der Waals surface area (Å²) in [5.41, 5.74) is 1.68. The molecule has 2 nitrogen and oxygen atoms in total. The Labute approximate surface area is 80.4 Å². The molecule has 0 fully saturated rings. The Hall–Kier alpha value is -0.730. The van der Waals surface area contributed by atoms with E-state index in [9.17, 15) is 0 Å². The molecule has 1 aromatic rings. The molecule has 0 aromatic heterocycles. The Morgan fingerprint density at radius 1 is 1.33 bits per heavy atom. The van der Waals surface area contributed by atoms with Gasteiger partial charge >= 0.3 is 0 Å². The number of nitrogens with zero attached hydrogens (tertiary/aromatic N) is 1. The van der Waals surface area contributed by atoms with Crippen molar-refractivity contribution in [2.45, 2.75) is 5.88 Å². The van der Waals surface area contributed by atoms with E-state index in [0.29, 0.717) is 11.4 Å². The highest BCUT2D eigenvalue weighted by Gasteiger charge is 1.98. The van der Waals surface area contributed by atoms with Crippen molar-refractivity contribution in [3.8, 4) is 0 Å². The second kappa shape index (κ2) is 4.33. The van der Waals surface area contributed by atoms with Gasteiger partial charge in [0.2, 0.25) is 0 Å². The minimum atomic E-state index is 0.0797. The summed E-state index contributed by atoms with van der Waals surface area (Å²) in [6.07, 6.45) is 0. The second-order valence-corrected chi connectivity index (χ2v) is 2.85. The Balaban J connectivity index is 2.92. The zero-order chi connectivity index (χ0) is 8.97. The second-order valence-electron chi connectivity index (χ2n) is 2.22. The lowest BCUT2D eigenvalue weighted by Gasteiger charge is -1.97. The van der Waals surface area contributed by atoms with Crippen molar-refractivity contribution >= 4 is 28.4 Å². The molecule has 1 aromatic carbocycles. The molecular weight excluding hydrogens is 197 g/mol. The molecule has 12 heavy (non-hydrogen) atoms. The van der Waals surface area contributed by atoms with E-state index in [2.05, 4.69) is 5.16 Å². The van der Waals surface area contributed by atoms with E-state index in [1.54, 1.807) is 12.1 Å². The fourth-order valence-electron chi connectivity index (χ4n) is 0.789. The highest BCUT2D eigenvalue weighted by atomic mass is 35.5. The standard InChI is InChI=1S/C8H7Cl2NO/c9-5-6-1-3-7(4-2-6)8(10)11-12/h1-4,12H,5H2/b11-8+. The van der Waals surface area contributed by atoms with Crippen molar-refractivity contribution in [1.29, 1.82) is 0 Å². The van der Waals surface area contributed by atoms with Crippen LogP contribution in [0.15, 0.2) is 29.4 Å².